The van der Waals surface area contributed by atoms with E-state index in [4.69, 9.17) is 0 Å². The summed E-state index contributed by atoms with van der Waals surface area (Å²) in [6.45, 7) is 7.74. The molecule has 0 aliphatic heterocycles. The van der Waals surface area contributed by atoms with Crippen LogP contribution in [0.4, 0.5) is 5.69 Å². The van der Waals surface area contributed by atoms with Gasteiger partial charge in [-0.05, 0) is 45.4 Å². The molecule has 104 valence electrons. The zero-order valence-electron chi connectivity index (χ0n) is 12.0. The van der Waals surface area contributed by atoms with Gasteiger partial charge in [0.25, 0.3) is 5.91 Å². The summed E-state index contributed by atoms with van der Waals surface area (Å²) in [6, 6.07) is 6.96. The van der Waals surface area contributed by atoms with E-state index >= 15 is 0 Å². The lowest BCUT2D eigenvalue weighted by Crippen LogP contribution is -2.40. The van der Waals surface area contributed by atoms with E-state index in [2.05, 4.69) is 10.6 Å². The first kappa shape index (κ1) is 15.2. The fraction of sp³-hybridized carbons (Fsp3) is 0.467. The van der Waals surface area contributed by atoms with Crippen LogP contribution in [0.15, 0.2) is 24.3 Å². The molecule has 1 aromatic carbocycles. The Kier molecular flexibility index (Phi) is 5.10. The van der Waals surface area contributed by atoms with Crippen molar-refractivity contribution in [2.75, 3.05) is 5.32 Å². The summed E-state index contributed by atoms with van der Waals surface area (Å²) in [5, 5.41) is 5.67. The van der Waals surface area contributed by atoms with Gasteiger partial charge in [0.05, 0.1) is 0 Å². The van der Waals surface area contributed by atoms with Crippen LogP contribution in [-0.2, 0) is 4.79 Å². The average molecular weight is 262 g/mol. The first-order valence-electron chi connectivity index (χ1n) is 6.54. The average Bonchev–Trinajstić information content (AvgIpc) is 2.27. The molecule has 0 spiro atoms. The molecule has 0 radical (unpaired) electrons. The van der Waals surface area contributed by atoms with Crippen molar-refractivity contribution in [1.82, 2.24) is 5.32 Å². The van der Waals surface area contributed by atoms with Crippen molar-refractivity contribution >= 4 is 17.5 Å². The van der Waals surface area contributed by atoms with Gasteiger partial charge in [0.2, 0.25) is 5.91 Å². The van der Waals surface area contributed by atoms with E-state index in [1.54, 1.807) is 24.3 Å². The third-order valence-corrected chi connectivity index (χ3v) is 2.37. The Balaban J connectivity index is 2.77. The Morgan fingerprint density at radius 3 is 2.47 bits per heavy atom. The predicted octanol–water partition coefficient (Wildman–Crippen LogP) is 2.95. The Bertz CT molecular complexity index is 461. The van der Waals surface area contributed by atoms with Crippen molar-refractivity contribution in [3.8, 4) is 0 Å². The maximum Gasteiger partial charge on any atom is 0.251 e. The predicted molar refractivity (Wildman–Crippen MR) is 77.2 cm³/mol. The van der Waals surface area contributed by atoms with Crippen LogP contribution in [0.25, 0.3) is 0 Å². The molecule has 1 rings (SSSR count). The Morgan fingerprint density at radius 2 is 1.89 bits per heavy atom. The highest BCUT2D eigenvalue weighted by molar-refractivity contribution is 5.97. The monoisotopic (exact) mass is 262 g/mol. The van der Waals surface area contributed by atoms with Gasteiger partial charge in [-0.3, -0.25) is 9.59 Å². The number of carbonyl (C=O) groups excluding carboxylic acids is 2. The molecule has 0 fully saturated rings. The van der Waals surface area contributed by atoms with Gasteiger partial charge in [0, 0.05) is 23.2 Å². The molecule has 0 saturated carbocycles. The first-order chi connectivity index (χ1) is 8.81. The third-order valence-electron chi connectivity index (χ3n) is 2.37. The van der Waals surface area contributed by atoms with Crippen molar-refractivity contribution in [2.45, 2.75) is 46.1 Å². The molecule has 1 aromatic rings. The van der Waals surface area contributed by atoms with Crippen molar-refractivity contribution in [2.24, 2.45) is 0 Å². The van der Waals surface area contributed by atoms with Crippen LogP contribution < -0.4 is 10.6 Å². The summed E-state index contributed by atoms with van der Waals surface area (Å²) in [5.41, 5.74) is 0.919. The van der Waals surface area contributed by atoms with E-state index in [1.807, 2.05) is 27.7 Å². The fourth-order valence-corrected chi connectivity index (χ4v) is 1.60. The minimum Gasteiger partial charge on any atom is -0.347 e. The van der Waals surface area contributed by atoms with Gasteiger partial charge in [-0.2, -0.15) is 0 Å². The van der Waals surface area contributed by atoms with Gasteiger partial charge in [-0.1, -0.05) is 13.0 Å². The quantitative estimate of drug-likeness (QED) is 0.876. The van der Waals surface area contributed by atoms with Crippen molar-refractivity contribution in [1.29, 1.82) is 0 Å². The molecule has 0 heterocycles. The maximum atomic E-state index is 12.0. The van der Waals surface area contributed by atoms with Crippen molar-refractivity contribution in [3.05, 3.63) is 29.8 Å². The SMILES string of the molecule is CCCC(=O)Nc1cccc(C(=O)NC(C)(C)C)c1. The summed E-state index contributed by atoms with van der Waals surface area (Å²) in [6.07, 6.45) is 1.29. The molecule has 0 aliphatic rings. The lowest BCUT2D eigenvalue weighted by molar-refractivity contribution is -0.116. The highest BCUT2D eigenvalue weighted by Gasteiger charge is 2.15. The van der Waals surface area contributed by atoms with Crippen molar-refractivity contribution < 1.29 is 9.59 Å². The van der Waals surface area contributed by atoms with Gasteiger partial charge >= 0.3 is 0 Å². The zero-order chi connectivity index (χ0) is 14.5. The van der Waals surface area contributed by atoms with Gasteiger partial charge in [-0.15, -0.1) is 0 Å². The van der Waals surface area contributed by atoms with E-state index in [9.17, 15) is 9.59 Å². The highest BCUT2D eigenvalue weighted by Crippen LogP contribution is 2.12. The largest absolute Gasteiger partial charge is 0.347 e. The Morgan fingerprint density at radius 1 is 1.21 bits per heavy atom. The third kappa shape index (κ3) is 5.55. The molecule has 0 bridgehead atoms. The summed E-state index contributed by atoms with van der Waals surface area (Å²) in [7, 11) is 0. The number of benzene rings is 1. The summed E-state index contributed by atoms with van der Waals surface area (Å²) in [4.78, 5) is 23.5. The highest BCUT2D eigenvalue weighted by atomic mass is 16.2. The molecule has 19 heavy (non-hydrogen) atoms. The molecular formula is C15H22N2O2. The molecule has 4 heteroatoms. The fourth-order valence-electron chi connectivity index (χ4n) is 1.60. The standard InChI is InChI=1S/C15H22N2O2/c1-5-7-13(18)16-12-9-6-8-11(10-12)14(19)17-15(2,3)4/h6,8-10H,5,7H2,1-4H3,(H,16,18)(H,17,19). The minimum absolute atomic E-state index is 0.0316. The number of anilines is 1. The molecule has 2 N–H and O–H groups in total. The van der Waals surface area contributed by atoms with Crippen LogP contribution >= 0.6 is 0 Å². The number of amides is 2. The molecule has 0 saturated heterocycles. The molecule has 2 amide bonds. The van der Waals surface area contributed by atoms with E-state index in [1.165, 1.54) is 0 Å². The Hall–Kier alpha value is -1.84. The lowest BCUT2D eigenvalue weighted by atomic mass is 10.1. The number of hydrogen-bond acceptors (Lipinski definition) is 2. The van der Waals surface area contributed by atoms with Crippen LogP contribution in [-0.4, -0.2) is 17.4 Å². The minimum atomic E-state index is -0.279. The molecule has 0 atom stereocenters. The topological polar surface area (TPSA) is 58.2 Å². The zero-order valence-corrected chi connectivity index (χ0v) is 12.0. The number of nitrogens with one attached hydrogen (secondary N) is 2. The smallest absolute Gasteiger partial charge is 0.251 e. The second-order valence-corrected chi connectivity index (χ2v) is 5.58. The van der Waals surface area contributed by atoms with E-state index in [0.29, 0.717) is 17.7 Å². The van der Waals surface area contributed by atoms with E-state index in [-0.39, 0.29) is 17.4 Å². The number of hydrogen-bond donors (Lipinski definition) is 2. The Labute approximate surface area is 114 Å². The molecule has 0 aliphatic carbocycles. The summed E-state index contributed by atoms with van der Waals surface area (Å²) < 4.78 is 0. The molecule has 0 aromatic heterocycles. The van der Waals surface area contributed by atoms with Crippen LogP contribution in [0, 0.1) is 0 Å². The van der Waals surface area contributed by atoms with Crippen LogP contribution in [0.3, 0.4) is 0 Å². The van der Waals surface area contributed by atoms with Crippen molar-refractivity contribution in [3.63, 3.8) is 0 Å². The molecular weight excluding hydrogens is 240 g/mol. The number of carbonyl (C=O) groups is 2. The summed E-state index contributed by atoms with van der Waals surface area (Å²) >= 11 is 0. The summed E-state index contributed by atoms with van der Waals surface area (Å²) in [5.74, 6) is -0.171. The van der Waals surface area contributed by atoms with Gasteiger partial charge in [0.15, 0.2) is 0 Å². The molecule has 0 unspecified atom stereocenters. The van der Waals surface area contributed by atoms with Crippen LogP contribution in [0.1, 0.15) is 50.9 Å². The van der Waals surface area contributed by atoms with E-state index < -0.39 is 0 Å². The van der Waals surface area contributed by atoms with Crippen LogP contribution in [0.5, 0.6) is 0 Å². The second-order valence-electron chi connectivity index (χ2n) is 5.58. The van der Waals surface area contributed by atoms with Gasteiger partial charge in [-0.25, -0.2) is 0 Å². The molecule has 4 nitrogen and oxygen atoms in total. The van der Waals surface area contributed by atoms with Gasteiger partial charge in [0.1, 0.15) is 0 Å². The van der Waals surface area contributed by atoms with Crippen LogP contribution in [0.2, 0.25) is 0 Å². The maximum absolute atomic E-state index is 12.0. The second kappa shape index (κ2) is 6.36. The number of rotatable bonds is 4. The lowest BCUT2D eigenvalue weighted by Gasteiger charge is -2.20. The van der Waals surface area contributed by atoms with Gasteiger partial charge < -0.3 is 10.6 Å². The normalized spacial score (nSPS) is 10.9. The van der Waals surface area contributed by atoms with E-state index in [0.717, 1.165) is 6.42 Å². The first-order valence-corrected chi connectivity index (χ1v) is 6.54.